The molecular formula is C13H15NO3S. The standard InChI is InChI=1S/C13H15NO3S/c1-9-3-4-11-10(7-9)14-12(15)13(5-2-6-13)8-18(11,16)17/h3-4,7H,2,5-6,8H2,1H3,(H,14,15). The zero-order chi connectivity index (χ0) is 13.0. The van der Waals surface area contributed by atoms with Crippen LogP contribution in [0.5, 0.6) is 0 Å². The fraction of sp³-hybridized carbons (Fsp3) is 0.462. The van der Waals surface area contributed by atoms with E-state index in [0.717, 1.165) is 12.0 Å². The first-order valence-electron chi connectivity index (χ1n) is 6.08. The van der Waals surface area contributed by atoms with Crippen LogP contribution in [0, 0.1) is 12.3 Å². The fourth-order valence-electron chi connectivity index (χ4n) is 2.75. The highest BCUT2D eigenvalue weighted by Gasteiger charge is 2.49. The number of aryl methyl sites for hydroxylation is 1. The molecular weight excluding hydrogens is 250 g/mol. The second-order valence-corrected chi connectivity index (χ2v) is 7.30. The van der Waals surface area contributed by atoms with Crippen molar-refractivity contribution in [2.75, 3.05) is 11.1 Å². The van der Waals surface area contributed by atoms with E-state index in [1.165, 1.54) is 0 Å². The lowest BCUT2D eigenvalue weighted by molar-refractivity contribution is -0.128. The van der Waals surface area contributed by atoms with E-state index in [1.54, 1.807) is 18.2 Å². The van der Waals surface area contributed by atoms with Crippen LogP contribution < -0.4 is 5.32 Å². The molecule has 2 aliphatic rings. The summed E-state index contributed by atoms with van der Waals surface area (Å²) in [6.45, 7) is 1.88. The Labute approximate surface area is 106 Å². The maximum atomic E-state index is 12.4. The quantitative estimate of drug-likeness (QED) is 0.779. The van der Waals surface area contributed by atoms with E-state index >= 15 is 0 Å². The Bertz CT molecular complexity index is 630. The van der Waals surface area contributed by atoms with Gasteiger partial charge in [0, 0.05) is 0 Å². The van der Waals surface area contributed by atoms with Gasteiger partial charge in [0.05, 0.1) is 21.8 Å². The lowest BCUT2D eigenvalue weighted by atomic mass is 9.69. The summed E-state index contributed by atoms with van der Waals surface area (Å²) in [5.41, 5.74) is 0.684. The lowest BCUT2D eigenvalue weighted by Crippen LogP contribution is -2.45. The third-order valence-corrected chi connectivity index (χ3v) is 5.94. The Kier molecular flexibility index (Phi) is 2.32. The van der Waals surface area contributed by atoms with Gasteiger partial charge in [-0.05, 0) is 37.5 Å². The molecule has 0 unspecified atom stereocenters. The number of fused-ring (bicyclic) bond motifs is 1. The lowest BCUT2D eigenvalue weighted by Gasteiger charge is -2.38. The van der Waals surface area contributed by atoms with Crippen molar-refractivity contribution in [3.8, 4) is 0 Å². The first-order valence-corrected chi connectivity index (χ1v) is 7.73. The van der Waals surface area contributed by atoms with Crippen LogP contribution in [0.15, 0.2) is 23.1 Å². The smallest absolute Gasteiger partial charge is 0.231 e. The van der Waals surface area contributed by atoms with Crippen LogP contribution in [-0.4, -0.2) is 20.1 Å². The zero-order valence-corrected chi connectivity index (χ0v) is 11.0. The summed E-state index contributed by atoms with van der Waals surface area (Å²) in [7, 11) is -3.38. The van der Waals surface area contributed by atoms with Gasteiger partial charge in [-0.15, -0.1) is 0 Å². The molecule has 1 aromatic rings. The highest BCUT2D eigenvalue weighted by Crippen LogP contribution is 2.46. The maximum absolute atomic E-state index is 12.4. The predicted octanol–water partition coefficient (Wildman–Crippen LogP) is 1.89. The molecule has 0 radical (unpaired) electrons. The van der Waals surface area contributed by atoms with E-state index in [4.69, 9.17) is 0 Å². The van der Waals surface area contributed by atoms with Gasteiger partial charge in [0.1, 0.15) is 0 Å². The molecule has 5 heteroatoms. The van der Waals surface area contributed by atoms with Gasteiger partial charge in [-0.3, -0.25) is 4.79 Å². The molecule has 0 aromatic heterocycles. The van der Waals surface area contributed by atoms with E-state index in [1.807, 2.05) is 6.92 Å². The van der Waals surface area contributed by atoms with Crippen LogP contribution in [0.2, 0.25) is 0 Å². The number of hydrogen-bond acceptors (Lipinski definition) is 3. The zero-order valence-electron chi connectivity index (χ0n) is 10.2. The number of rotatable bonds is 0. The summed E-state index contributed by atoms with van der Waals surface area (Å²) < 4.78 is 24.7. The summed E-state index contributed by atoms with van der Waals surface area (Å²) in [6, 6.07) is 5.09. The number of hydrogen-bond donors (Lipinski definition) is 1. The Morgan fingerprint density at radius 3 is 2.61 bits per heavy atom. The molecule has 0 saturated heterocycles. The fourth-order valence-corrected chi connectivity index (χ4v) is 4.77. The third-order valence-electron chi connectivity index (χ3n) is 3.98. The molecule has 1 N–H and O–H groups in total. The number of carbonyl (C=O) groups is 1. The van der Waals surface area contributed by atoms with E-state index in [0.29, 0.717) is 18.5 Å². The van der Waals surface area contributed by atoms with Crippen molar-refractivity contribution in [3.05, 3.63) is 23.8 Å². The van der Waals surface area contributed by atoms with Gasteiger partial charge < -0.3 is 5.32 Å². The number of carbonyl (C=O) groups excluding carboxylic acids is 1. The molecule has 18 heavy (non-hydrogen) atoms. The number of sulfone groups is 1. The number of anilines is 1. The summed E-state index contributed by atoms with van der Waals surface area (Å²) in [5.74, 6) is -0.191. The first-order chi connectivity index (χ1) is 8.43. The van der Waals surface area contributed by atoms with Gasteiger partial charge in [-0.2, -0.15) is 0 Å². The van der Waals surface area contributed by atoms with Gasteiger partial charge in [-0.25, -0.2) is 8.42 Å². The monoisotopic (exact) mass is 265 g/mol. The average Bonchev–Trinajstić information content (AvgIpc) is 2.30. The molecule has 1 spiro atoms. The number of benzene rings is 1. The highest BCUT2D eigenvalue weighted by atomic mass is 32.2. The average molecular weight is 265 g/mol. The van der Waals surface area contributed by atoms with E-state index in [-0.39, 0.29) is 16.6 Å². The van der Waals surface area contributed by atoms with Crippen LogP contribution in [0.1, 0.15) is 24.8 Å². The van der Waals surface area contributed by atoms with Crippen molar-refractivity contribution in [2.45, 2.75) is 31.1 Å². The number of amides is 1. The second-order valence-electron chi connectivity index (χ2n) is 5.35. The van der Waals surface area contributed by atoms with E-state index < -0.39 is 15.3 Å². The molecule has 1 saturated carbocycles. The molecule has 1 fully saturated rings. The van der Waals surface area contributed by atoms with Crippen molar-refractivity contribution in [1.82, 2.24) is 0 Å². The normalized spacial score (nSPS) is 23.7. The van der Waals surface area contributed by atoms with Gasteiger partial charge in [0.15, 0.2) is 9.84 Å². The van der Waals surface area contributed by atoms with Crippen LogP contribution in [0.3, 0.4) is 0 Å². The Balaban J connectivity index is 2.17. The van der Waals surface area contributed by atoms with Gasteiger partial charge in [-0.1, -0.05) is 12.5 Å². The summed E-state index contributed by atoms with van der Waals surface area (Å²) in [4.78, 5) is 12.5. The van der Waals surface area contributed by atoms with Gasteiger partial charge in [0.2, 0.25) is 5.91 Å². The molecule has 4 nitrogen and oxygen atoms in total. The second kappa shape index (κ2) is 3.57. The van der Waals surface area contributed by atoms with Gasteiger partial charge in [0.25, 0.3) is 0 Å². The Morgan fingerprint density at radius 2 is 2.00 bits per heavy atom. The van der Waals surface area contributed by atoms with Gasteiger partial charge >= 0.3 is 0 Å². The van der Waals surface area contributed by atoms with Crippen molar-refractivity contribution < 1.29 is 13.2 Å². The van der Waals surface area contributed by atoms with Crippen molar-refractivity contribution in [1.29, 1.82) is 0 Å². The number of nitrogens with one attached hydrogen (secondary N) is 1. The maximum Gasteiger partial charge on any atom is 0.231 e. The van der Waals surface area contributed by atoms with Crippen molar-refractivity contribution in [2.24, 2.45) is 5.41 Å². The topological polar surface area (TPSA) is 63.2 Å². The van der Waals surface area contributed by atoms with E-state index in [2.05, 4.69) is 5.32 Å². The van der Waals surface area contributed by atoms with Crippen LogP contribution in [-0.2, 0) is 14.6 Å². The minimum absolute atomic E-state index is 0.0537. The molecule has 1 aliphatic carbocycles. The molecule has 1 amide bonds. The largest absolute Gasteiger partial charge is 0.324 e. The first kappa shape index (κ1) is 11.7. The molecule has 1 heterocycles. The molecule has 96 valence electrons. The van der Waals surface area contributed by atoms with Crippen LogP contribution in [0.25, 0.3) is 0 Å². The molecule has 1 aromatic carbocycles. The Morgan fingerprint density at radius 1 is 1.28 bits per heavy atom. The summed E-state index contributed by atoms with van der Waals surface area (Å²) in [5, 5.41) is 2.79. The van der Waals surface area contributed by atoms with Crippen LogP contribution >= 0.6 is 0 Å². The van der Waals surface area contributed by atoms with E-state index in [9.17, 15) is 13.2 Å². The molecule has 0 bridgehead atoms. The SMILES string of the molecule is Cc1ccc2c(c1)NC(=O)C1(CCC1)CS2(=O)=O. The highest BCUT2D eigenvalue weighted by molar-refractivity contribution is 7.91. The summed E-state index contributed by atoms with van der Waals surface area (Å²) in [6.07, 6.45) is 2.27. The Hall–Kier alpha value is -1.36. The van der Waals surface area contributed by atoms with Crippen molar-refractivity contribution in [3.63, 3.8) is 0 Å². The predicted molar refractivity (Wildman–Crippen MR) is 68.1 cm³/mol. The third kappa shape index (κ3) is 1.57. The summed E-state index contributed by atoms with van der Waals surface area (Å²) >= 11 is 0. The van der Waals surface area contributed by atoms with Crippen molar-refractivity contribution >= 4 is 21.4 Å². The minimum atomic E-state index is -3.38. The molecule has 0 atom stereocenters. The minimum Gasteiger partial charge on any atom is -0.324 e. The molecule has 3 rings (SSSR count). The van der Waals surface area contributed by atoms with Crippen LogP contribution in [0.4, 0.5) is 5.69 Å². The molecule has 1 aliphatic heterocycles.